The fourth-order valence-electron chi connectivity index (χ4n) is 2.71. The van der Waals surface area contributed by atoms with Crippen molar-refractivity contribution in [2.45, 2.75) is 26.1 Å². The number of para-hydroxylation sites is 2. The third kappa shape index (κ3) is 3.28. The molecule has 0 saturated carbocycles. The van der Waals surface area contributed by atoms with Crippen LogP contribution in [0.2, 0.25) is 0 Å². The molecule has 0 bridgehead atoms. The Labute approximate surface area is 145 Å². The molecule has 6 nitrogen and oxygen atoms in total. The zero-order chi connectivity index (χ0) is 18.0. The van der Waals surface area contributed by atoms with Crippen LogP contribution in [0.15, 0.2) is 42.5 Å². The molecule has 3 rings (SSSR count). The third-order valence-corrected chi connectivity index (χ3v) is 4.10. The summed E-state index contributed by atoms with van der Waals surface area (Å²) in [6.45, 7) is 3.52. The summed E-state index contributed by atoms with van der Waals surface area (Å²) >= 11 is 0. The number of esters is 1. The second kappa shape index (κ2) is 6.84. The van der Waals surface area contributed by atoms with Crippen molar-refractivity contribution in [3.8, 4) is 11.5 Å². The van der Waals surface area contributed by atoms with Gasteiger partial charge in [0.1, 0.15) is 6.10 Å². The van der Waals surface area contributed by atoms with Crippen LogP contribution in [-0.2, 0) is 9.53 Å². The maximum atomic E-state index is 12.7. The van der Waals surface area contributed by atoms with Crippen LogP contribution in [0, 0.1) is 6.92 Å². The number of nitrogens with one attached hydrogen (secondary N) is 1. The van der Waals surface area contributed by atoms with Gasteiger partial charge in [-0.05, 0) is 43.7 Å². The summed E-state index contributed by atoms with van der Waals surface area (Å²) < 4.78 is 16.3. The number of ether oxygens (including phenoxy) is 3. The summed E-state index contributed by atoms with van der Waals surface area (Å²) in [6.07, 6.45) is -1.24. The largest absolute Gasteiger partial charge is 0.482 e. The van der Waals surface area contributed by atoms with E-state index in [9.17, 15) is 9.59 Å². The van der Waals surface area contributed by atoms with Gasteiger partial charge < -0.3 is 19.5 Å². The molecule has 130 valence electrons. The smallest absolute Gasteiger partial charge is 0.338 e. The van der Waals surface area contributed by atoms with Gasteiger partial charge in [0, 0.05) is 5.69 Å². The van der Waals surface area contributed by atoms with E-state index >= 15 is 0 Å². The molecule has 2 atom stereocenters. The monoisotopic (exact) mass is 341 g/mol. The first-order chi connectivity index (χ1) is 12.0. The second-order valence-electron chi connectivity index (χ2n) is 5.77. The summed E-state index contributed by atoms with van der Waals surface area (Å²) in [7, 11) is 1.32. The van der Waals surface area contributed by atoms with Crippen LogP contribution in [0.4, 0.5) is 5.69 Å². The molecule has 0 saturated heterocycles. The van der Waals surface area contributed by atoms with Crippen molar-refractivity contribution in [1.82, 2.24) is 0 Å². The second-order valence-corrected chi connectivity index (χ2v) is 5.77. The van der Waals surface area contributed by atoms with Crippen molar-refractivity contribution >= 4 is 17.6 Å². The maximum absolute atomic E-state index is 12.7. The van der Waals surface area contributed by atoms with Gasteiger partial charge in [-0.25, -0.2) is 4.79 Å². The zero-order valence-corrected chi connectivity index (χ0v) is 14.2. The highest BCUT2D eigenvalue weighted by Crippen LogP contribution is 2.33. The highest BCUT2D eigenvalue weighted by atomic mass is 16.6. The predicted octanol–water partition coefficient (Wildman–Crippen LogP) is 2.95. The molecular weight excluding hydrogens is 322 g/mol. The van der Waals surface area contributed by atoms with Gasteiger partial charge in [-0.2, -0.15) is 0 Å². The molecule has 1 aliphatic heterocycles. The molecular formula is C19H19NO5. The first kappa shape index (κ1) is 16.8. The lowest BCUT2D eigenvalue weighted by atomic mass is 10.1. The fourth-order valence-corrected chi connectivity index (χ4v) is 2.71. The molecule has 0 radical (unpaired) electrons. The molecule has 1 aliphatic rings. The van der Waals surface area contributed by atoms with Crippen LogP contribution in [0.5, 0.6) is 11.5 Å². The first-order valence-corrected chi connectivity index (χ1v) is 7.92. The number of benzene rings is 2. The van der Waals surface area contributed by atoms with Crippen LogP contribution >= 0.6 is 0 Å². The number of methoxy groups -OCH3 is 1. The highest BCUT2D eigenvalue weighted by Gasteiger charge is 2.34. The van der Waals surface area contributed by atoms with Crippen molar-refractivity contribution in [3.05, 3.63) is 53.6 Å². The summed E-state index contributed by atoms with van der Waals surface area (Å²) in [5.41, 5.74) is 1.56. The van der Waals surface area contributed by atoms with Crippen LogP contribution in [0.1, 0.15) is 22.8 Å². The third-order valence-electron chi connectivity index (χ3n) is 4.10. The van der Waals surface area contributed by atoms with Crippen LogP contribution < -0.4 is 14.8 Å². The number of amides is 1. The van der Waals surface area contributed by atoms with Crippen molar-refractivity contribution in [3.63, 3.8) is 0 Å². The van der Waals surface area contributed by atoms with E-state index in [-0.39, 0.29) is 5.91 Å². The Morgan fingerprint density at radius 1 is 1.04 bits per heavy atom. The molecule has 1 heterocycles. The van der Waals surface area contributed by atoms with Crippen molar-refractivity contribution in [2.75, 3.05) is 12.4 Å². The van der Waals surface area contributed by atoms with E-state index in [4.69, 9.17) is 14.2 Å². The number of hydrogen-bond donors (Lipinski definition) is 1. The Morgan fingerprint density at radius 2 is 1.72 bits per heavy atom. The molecule has 1 N–H and O–H groups in total. The Hall–Kier alpha value is -3.02. The van der Waals surface area contributed by atoms with E-state index < -0.39 is 18.2 Å². The quantitative estimate of drug-likeness (QED) is 0.869. The van der Waals surface area contributed by atoms with E-state index in [0.29, 0.717) is 28.3 Å². The molecule has 0 spiro atoms. The van der Waals surface area contributed by atoms with Gasteiger partial charge in [0.05, 0.1) is 12.7 Å². The first-order valence-electron chi connectivity index (χ1n) is 7.92. The number of anilines is 1. The molecule has 1 amide bonds. The van der Waals surface area contributed by atoms with E-state index in [1.807, 2.05) is 12.1 Å². The fraction of sp³-hybridized carbons (Fsp3) is 0.263. The van der Waals surface area contributed by atoms with E-state index in [2.05, 4.69) is 5.32 Å². The van der Waals surface area contributed by atoms with Gasteiger partial charge in [-0.1, -0.05) is 18.2 Å². The standard InChI is InChI=1S/C19H19NO5/c1-11-13(19(22)23-3)7-6-8-14(11)20-18(21)17-12(2)24-15-9-4-5-10-16(15)25-17/h4-10,12,17H,1-3H3,(H,20,21)/t12-,17+/m1/s1. The van der Waals surface area contributed by atoms with Gasteiger partial charge in [-0.3, -0.25) is 4.79 Å². The number of carbonyl (C=O) groups excluding carboxylic acids is 2. The normalized spacial score (nSPS) is 18.4. The van der Waals surface area contributed by atoms with Gasteiger partial charge in [0.2, 0.25) is 6.10 Å². The summed E-state index contributed by atoms with van der Waals surface area (Å²) in [6, 6.07) is 12.3. The van der Waals surface area contributed by atoms with Crippen molar-refractivity contribution < 1.29 is 23.8 Å². The van der Waals surface area contributed by atoms with E-state index in [1.54, 1.807) is 44.2 Å². The predicted molar refractivity (Wildman–Crippen MR) is 92.1 cm³/mol. The lowest BCUT2D eigenvalue weighted by molar-refractivity contribution is -0.128. The number of carbonyl (C=O) groups is 2. The lowest BCUT2D eigenvalue weighted by Gasteiger charge is -2.31. The minimum Gasteiger partial charge on any atom is -0.482 e. The molecule has 0 aromatic heterocycles. The Bertz CT molecular complexity index is 817. The molecule has 6 heteroatoms. The minimum atomic E-state index is -0.795. The van der Waals surface area contributed by atoms with Gasteiger partial charge in [0.15, 0.2) is 11.5 Å². The van der Waals surface area contributed by atoms with Crippen LogP contribution in [0.3, 0.4) is 0 Å². The number of rotatable bonds is 3. The van der Waals surface area contributed by atoms with E-state index in [1.165, 1.54) is 7.11 Å². The zero-order valence-electron chi connectivity index (χ0n) is 14.2. The number of fused-ring (bicyclic) bond motifs is 1. The van der Waals surface area contributed by atoms with Gasteiger partial charge in [-0.15, -0.1) is 0 Å². The van der Waals surface area contributed by atoms with Crippen molar-refractivity contribution in [2.24, 2.45) is 0 Å². The molecule has 0 unspecified atom stereocenters. The summed E-state index contributed by atoms with van der Waals surface area (Å²) in [5, 5.41) is 2.81. The van der Waals surface area contributed by atoms with Crippen LogP contribution in [0.25, 0.3) is 0 Å². The van der Waals surface area contributed by atoms with Gasteiger partial charge >= 0.3 is 5.97 Å². The summed E-state index contributed by atoms with van der Waals surface area (Å²) in [4.78, 5) is 24.4. The topological polar surface area (TPSA) is 73.9 Å². The maximum Gasteiger partial charge on any atom is 0.338 e. The minimum absolute atomic E-state index is 0.341. The van der Waals surface area contributed by atoms with Crippen molar-refractivity contribution in [1.29, 1.82) is 0 Å². The van der Waals surface area contributed by atoms with Crippen LogP contribution in [-0.4, -0.2) is 31.2 Å². The Balaban J connectivity index is 1.80. The Morgan fingerprint density at radius 3 is 2.40 bits per heavy atom. The number of hydrogen-bond acceptors (Lipinski definition) is 5. The molecule has 25 heavy (non-hydrogen) atoms. The average Bonchev–Trinajstić information content (AvgIpc) is 2.62. The SMILES string of the molecule is COC(=O)c1cccc(NC(=O)[C@H]2Oc3ccccc3O[C@@H]2C)c1C. The Kier molecular flexibility index (Phi) is 4.61. The molecule has 0 fully saturated rings. The average molecular weight is 341 g/mol. The summed E-state index contributed by atoms with van der Waals surface area (Å²) in [5.74, 6) is 0.351. The molecule has 0 aliphatic carbocycles. The van der Waals surface area contributed by atoms with E-state index in [0.717, 1.165) is 0 Å². The van der Waals surface area contributed by atoms with Gasteiger partial charge in [0.25, 0.3) is 5.91 Å². The highest BCUT2D eigenvalue weighted by molar-refractivity contribution is 5.98. The lowest BCUT2D eigenvalue weighted by Crippen LogP contribution is -2.46. The molecule has 2 aromatic rings. The molecule has 2 aromatic carbocycles.